The van der Waals surface area contributed by atoms with Crippen LogP contribution in [0.15, 0.2) is 29.4 Å². The van der Waals surface area contributed by atoms with Crippen molar-refractivity contribution in [3.63, 3.8) is 0 Å². The van der Waals surface area contributed by atoms with Gasteiger partial charge in [0.2, 0.25) is 0 Å². The lowest BCUT2D eigenvalue weighted by Crippen LogP contribution is -2.22. The van der Waals surface area contributed by atoms with Crippen LogP contribution in [0.4, 0.5) is 0 Å². The molecular formula is C17H18N4O3S. The van der Waals surface area contributed by atoms with Crippen LogP contribution < -0.4 is 4.80 Å². The molecule has 25 heavy (non-hydrogen) atoms. The second-order valence-corrected chi connectivity index (χ2v) is 6.71. The van der Waals surface area contributed by atoms with E-state index in [0.717, 1.165) is 21.3 Å². The number of hydrogen-bond acceptors (Lipinski definition) is 5. The molecule has 0 aliphatic rings. The van der Waals surface area contributed by atoms with Crippen molar-refractivity contribution in [1.29, 1.82) is 0 Å². The van der Waals surface area contributed by atoms with Crippen LogP contribution in [-0.2, 0) is 23.1 Å². The second-order valence-electron chi connectivity index (χ2n) is 5.73. The molecule has 1 amide bonds. The quantitative estimate of drug-likeness (QED) is 0.671. The molecule has 0 N–H and O–H groups in total. The minimum atomic E-state index is -0.403. The minimum absolute atomic E-state index is 0.00308. The summed E-state index contributed by atoms with van der Waals surface area (Å²) in [6.45, 7) is 3.99. The number of rotatable bonds is 3. The van der Waals surface area contributed by atoms with Gasteiger partial charge in [0.25, 0.3) is 5.91 Å². The van der Waals surface area contributed by atoms with E-state index in [-0.39, 0.29) is 6.54 Å². The SMILES string of the molecule is COC(=O)Cn1c(=NC(=O)c2ccnn2C)sc2c(C)cc(C)cc21. The molecule has 7 nitrogen and oxygen atoms in total. The van der Waals surface area contributed by atoms with E-state index < -0.39 is 11.9 Å². The van der Waals surface area contributed by atoms with Crippen molar-refractivity contribution in [2.75, 3.05) is 7.11 Å². The number of carbonyl (C=O) groups is 2. The molecule has 3 rings (SSSR count). The number of methoxy groups -OCH3 is 1. The van der Waals surface area contributed by atoms with Crippen molar-refractivity contribution < 1.29 is 14.3 Å². The summed E-state index contributed by atoms with van der Waals surface area (Å²) in [6.07, 6.45) is 1.55. The van der Waals surface area contributed by atoms with Crippen LogP contribution in [-0.4, -0.2) is 33.3 Å². The number of hydrogen-bond donors (Lipinski definition) is 0. The Morgan fingerprint density at radius 3 is 2.72 bits per heavy atom. The maximum Gasteiger partial charge on any atom is 0.325 e. The number of fused-ring (bicyclic) bond motifs is 1. The smallest absolute Gasteiger partial charge is 0.325 e. The fraction of sp³-hybridized carbons (Fsp3) is 0.294. The molecule has 0 radical (unpaired) electrons. The first kappa shape index (κ1) is 17.1. The first-order chi connectivity index (χ1) is 11.9. The maximum atomic E-state index is 12.5. The predicted molar refractivity (Wildman–Crippen MR) is 94.4 cm³/mol. The van der Waals surface area contributed by atoms with Crippen molar-refractivity contribution in [1.82, 2.24) is 14.3 Å². The number of ether oxygens (including phenoxy) is 1. The number of esters is 1. The van der Waals surface area contributed by atoms with E-state index in [9.17, 15) is 9.59 Å². The molecule has 8 heteroatoms. The van der Waals surface area contributed by atoms with Gasteiger partial charge in [-0.3, -0.25) is 14.3 Å². The third kappa shape index (κ3) is 3.25. The zero-order valence-corrected chi connectivity index (χ0v) is 15.3. The van der Waals surface area contributed by atoms with Gasteiger partial charge >= 0.3 is 5.97 Å². The number of benzene rings is 1. The third-order valence-corrected chi connectivity index (χ3v) is 5.10. The van der Waals surface area contributed by atoms with E-state index in [1.807, 2.05) is 19.9 Å². The topological polar surface area (TPSA) is 78.5 Å². The van der Waals surface area contributed by atoms with Crippen LogP contribution in [0.1, 0.15) is 21.6 Å². The van der Waals surface area contributed by atoms with E-state index in [2.05, 4.69) is 16.2 Å². The zero-order valence-electron chi connectivity index (χ0n) is 14.4. The van der Waals surface area contributed by atoms with Crippen molar-refractivity contribution in [2.45, 2.75) is 20.4 Å². The largest absolute Gasteiger partial charge is 0.468 e. The summed E-state index contributed by atoms with van der Waals surface area (Å²) in [5.41, 5.74) is 3.40. The first-order valence-electron chi connectivity index (χ1n) is 7.65. The van der Waals surface area contributed by atoms with Gasteiger partial charge in [0.1, 0.15) is 12.2 Å². The Morgan fingerprint density at radius 2 is 2.08 bits per heavy atom. The van der Waals surface area contributed by atoms with Crippen LogP contribution in [0, 0.1) is 13.8 Å². The zero-order chi connectivity index (χ0) is 18.1. The van der Waals surface area contributed by atoms with Gasteiger partial charge in [-0.25, -0.2) is 0 Å². The molecule has 0 atom stereocenters. The summed E-state index contributed by atoms with van der Waals surface area (Å²) < 4.78 is 8.97. The number of thiazole rings is 1. The Labute approximate surface area is 148 Å². The fourth-order valence-electron chi connectivity index (χ4n) is 2.67. The lowest BCUT2D eigenvalue weighted by Gasteiger charge is -2.05. The molecule has 1 aromatic carbocycles. The van der Waals surface area contributed by atoms with Crippen LogP contribution >= 0.6 is 11.3 Å². The summed E-state index contributed by atoms with van der Waals surface area (Å²) in [5, 5.41) is 3.99. The normalized spacial score (nSPS) is 11.9. The fourth-order valence-corrected chi connectivity index (χ4v) is 3.75. The molecule has 130 valence electrons. The standard InChI is InChI=1S/C17H18N4O3S/c1-10-7-11(2)15-13(8-10)21(9-14(22)24-4)17(25-15)19-16(23)12-5-6-18-20(12)3/h5-8H,9H2,1-4H3. The van der Waals surface area contributed by atoms with Gasteiger partial charge in [0.15, 0.2) is 4.80 Å². The monoisotopic (exact) mass is 358 g/mol. The van der Waals surface area contributed by atoms with Gasteiger partial charge in [0.05, 0.1) is 17.3 Å². The van der Waals surface area contributed by atoms with Gasteiger partial charge < -0.3 is 9.30 Å². The van der Waals surface area contributed by atoms with E-state index in [1.54, 1.807) is 23.9 Å². The van der Waals surface area contributed by atoms with E-state index in [0.29, 0.717) is 10.5 Å². The maximum absolute atomic E-state index is 12.5. The van der Waals surface area contributed by atoms with Crippen LogP contribution in [0.2, 0.25) is 0 Å². The first-order valence-corrected chi connectivity index (χ1v) is 8.47. The molecule has 0 unspecified atom stereocenters. The van der Waals surface area contributed by atoms with Crippen molar-refractivity contribution >= 4 is 33.4 Å². The average molecular weight is 358 g/mol. The van der Waals surface area contributed by atoms with Crippen molar-refractivity contribution in [2.24, 2.45) is 12.0 Å². The molecule has 0 aliphatic carbocycles. The minimum Gasteiger partial charge on any atom is -0.468 e. The number of amides is 1. The number of aryl methyl sites for hydroxylation is 3. The summed E-state index contributed by atoms with van der Waals surface area (Å²) in [7, 11) is 3.02. The Balaban J connectivity index is 2.23. The number of aromatic nitrogens is 3. The lowest BCUT2D eigenvalue weighted by molar-refractivity contribution is -0.141. The van der Waals surface area contributed by atoms with Gasteiger partial charge in [-0.1, -0.05) is 17.4 Å². The molecule has 2 aromatic heterocycles. The molecular weight excluding hydrogens is 340 g/mol. The Hall–Kier alpha value is -2.74. The van der Waals surface area contributed by atoms with Gasteiger partial charge in [0, 0.05) is 13.2 Å². The predicted octanol–water partition coefficient (Wildman–Crippen LogP) is 1.97. The second kappa shape index (κ2) is 6.64. The highest BCUT2D eigenvalue weighted by atomic mass is 32.1. The summed E-state index contributed by atoms with van der Waals surface area (Å²) in [5.74, 6) is -0.798. The average Bonchev–Trinajstić information content (AvgIpc) is 3.12. The molecule has 2 heterocycles. The highest BCUT2D eigenvalue weighted by Crippen LogP contribution is 2.23. The van der Waals surface area contributed by atoms with E-state index >= 15 is 0 Å². The van der Waals surface area contributed by atoms with Crippen molar-refractivity contribution in [3.05, 3.63) is 46.0 Å². The summed E-state index contributed by atoms with van der Waals surface area (Å²) in [6, 6.07) is 5.66. The molecule has 0 fully saturated rings. The summed E-state index contributed by atoms with van der Waals surface area (Å²) in [4.78, 5) is 29.0. The number of carbonyl (C=O) groups excluding carboxylic acids is 2. The van der Waals surface area contributed by atoms with Crippen LogP contribution in [0.5, 0.6) is 0 Å². The van der Waals surface area contributed by atoms with E-state index in [1.165, 1.54) is 23.1 Å². The van der Waals surface area contributed by atoms with Gasteiger partial charge in [-0.2, -0.15) is 10.1 Å². The Morgan fingerprint density at radius 1 is 1.32 bits per heavy atom. The van der Waals surface area contributed by atoms with Crippen LogP contribution in [0.25, 0.3) is 10.2 Å². The Bertz CT molecular complexity index is 1040. The van der Waals surface area contributed by atoms with Crippen LogP contribution in [0.3, 0.4) is 0 Å². The van der Waals surface area contributed by atoms with Gasteiger partial charge in [-0.15, -0.1) is 0 Å². The highest BCUT2D eigenvalue weighted by Gasteiger charge is 2.15. The number of nitrogens with zero attached hydrogens (tertiary/aromatic N) is 4. The molecule has 3 aromatic rings. The summed E-state index contributed by atoms with van der Waals surface area (Å²) >= 11 is 1.38. The molecule has 0 aliphatic heterocycles. The van der Waals surface area contributed by atoms with Crippen molar-refractivity contribution in [3.8, 4) is 0 Å². The molecule has 0 spiro atoms. The third-order valence-electron chi connectivity index (χ3n) is 3.87. The van der Waals surface area contributed by atoms with Gasteiger partial charge in [-0.05, 0) is 37.1 Å². The van der Waals surface area contributed by atoms with E-state index in [4.69, 9.17) is 4.74 Å². The Kier molecular flexibility index (Phi) is 4.54. The lowest BCUT2D eigenvalue weighted by atomic mass is 10.1. The molecule has 0 saturated carbocycles. The highest BCUT2D eigenvalue weighted by molar-refractivity contribution is 7.16. The molecule has 0 bridgehead atoms. The molecule has 0 saturated heterocycles.